The van der Waals surface area contributed by atoms with Gasteiger partial charge in [0.05, 0.1) is 18.3 Å². The van der Waals surface area contributed by atoms with E-state index < -0.39 is 6.04 Å². The Bertz CT molecular complexity index is 189. The second-order valence-corrected chi connectivity index (χ2v) is 1.94. The topological polar surface area (TPSA) is 72.0 Å². The van der Waals surface area contributed by atoms with E-state index >= 15 is 0 Å². The average Bonchev–Trinajstić information content (AvgIpc) is 2.05. The molecule has 0 fully saturated rings. The smallest absolute Gasteiger partial charge is 0.0821 e. The van der Waals surface area contributed by atoms with Crippen LogP contribution in [-0.4, -0.2) is 21.9 Å². The summed E-state index contributed by atoms with van der Waals surface area (Å²) >= 11 is 0. The van der Waals surface area contributed by atoms with E-state index in [1.54, 1.807) is 18.3 Å². The lowest BCUT2D eigenvalue weighted by Crippen LogP contribution is -2.16. The summed E-state index contributed by atoms with van der Waals surface area (Å²) in [6.45, 7) is -0.0985. The summed E-state index contributed by atoms with van der Waals surface area (Å²) in [7, 11) is 0. The van der Waals surface area contributed by atoms with Gasteiger partial charge in [-0.25, -0.2) is 0 Å². The van der Waals surface area contributed by atoms with E-state index in [0.29, 0.717) is 5.69 Å². The van der Waals surface area contributed by atoms with Crippen LogP contribution in [0.5, 0.6) is 0 Å². The third-order valence-corrected chi connectivity index (χ3v) is 1.17. The molecule has 1 aromatic rings. The van der Waals surface area contributed by atoms with Crippen molar-refractivity contribution in [1.82, 2.24) is 10.2 Å². The van der Waals surface area contributed by atoms with Crippen LogP contribution >= 0.6 is 0 Å². The average molecular weight is 139 g/mol. The minimum absolute atomic E-state index is 0.0985. The molecule has 1 unspecified atom stereocenters. The van der Waals surface area contributed by atoms with Gasteiger partial charge in [0.1, 0.15) is 0 Å². The minimum Gasteiger partial charge on any atom is -0.394 e. The monoisotopic (exact) mass is 139 g/mol. The summed E-state index contributed by atoms with van der Waals surface area (Å²) in [5.41, 5.74) is 6.06. The molecule has 0 aliphatic carbocycles. The van der Waals surface area contributed by atoms with Gasteiger partial charge in [-0.1, -0.05) is 0 Å². The zero-order valence-corrected chi connectivity index (χ0v) is 5.44. The first-order valence-electron chi connectivity index (χ1n) is 2.98. The van der Waals surface area contributed by atoms with Crippen molar-refractivity contribution in [3.63, 3.8) is 0 Å². The maximum absolute atomic E-state index is 8.60. The van der Waals surface area contributed by atoms with Gasteiger partial charge in [-0.2, -0.15) is 10.2 Å². The van der Waals surface area contributed by atoms with Gasteiger partial charge in [0.25, 0.3) is 0 Å². The van der Waals surface area contributed by atoms with Gasteiger partial charge in [0, 0.05) is 6.20 Å². The molecule has 1 rings (SSSR count). The Morgan fingerprint density at radius 3 is 3.00 bits per heavy atom. The molecule has 0 aromatic carbocycles. The molecule has 0 saturated heterocycles. The quantitative estimate of drug-likeness (QED) is 0.577. The minimum atomic E-state index is -0.409. The second kappa shape index (κ2) is 3.24. The first kappa shape index (κ1) is 7.11. The second-order valence-electron chi connectivity index (χ2n) is 1.94. The van der Waals surface area contributed by atoms with Crippen LogP contribution in [0.2, 0.25) is 0 Å². The molecule has 0 bridgehead atoms. The molecular formula is C6H9N3O. The predicted molar refractivity (Wildman–Crippen MR) is 36.0 cm³/mol. The summed E-state index contributed by atoms with van der Waals surface area (Å²) in [4.78, 5) is 0. The number of aromatic nitrogens is 2. The number of aliphatic hydroxyl groups excluding tert-OH is 1. The van der Waals surface area contributed by atoms with Gasteiger partial charge < -0.3 is 10.8 Å². The maximum Gasteiger partial charge on any atom is 0.0821 e. The van der Waals surface area contributed by atoms with Crippen molar-refractivity contribution in [3.8, 4) is 0 Å². The molecule has 4 nitrogen and oxygen atoms in total. The third-order valence-electron chi connectivity index (χ3n) is 1.17. The van der Waals surface area contributed by atoms with E-state index in [9.17, 15) is 0 Å². The van der Waals surface area contributed by atoms with Crippen LogP contribution in [0.15, 0.2) is 18.3 Å². The van der Waals surface area contributed by atoms with Gasteiger partial charge in [0.2, 0.25) is 0 Å². The van der Waals surface area contributed by atoms with Gasteiger partial charge in [-0.05, 0) is 12.1 Å². The first-order chi connectivity index (χ1) is 4.84. The van der Waals surface area contributed by atoms with Crippen molar-refractivity contribution in [2.75, 3.05) is 6.61 Å². The zero-order chi connectivity index (χ0) is 7.40. The molecule has 1 heterocycles. The molecule has 0 aliphatic rings. The van der Waals surface area contributed by atoms with Gasteiger partial charge in [-0.3, -0.25) is 0 Å². The summed E-state index contributed by atoms with van der Waals surface area (Å²) in [6.07, 6.45) is 1.56. The highest BCUT2D eigenvalue weighted by Gasteiger charge is 2.03. The van der Waals surface area contributed by atoms with E-state index in [2.05, 4.69) is 10.2 Å². The summed E-state index contributed by atoms with van der Waals surface area (Å²) in [6, 6.07) is 3.06. The van der Waals surface area contributed by atoms with Crippen LogP contribution in [-0.2, 0) is 0 Å². The third kappa shape index (κ3) is 1.49. The zero-order valence-electron chi connectivity index (χ0n) is 5.44. The van der Waals surface area contributed by atoms with Crippen molar-refractivity contribution in [2.24, 2.45) is 5.73 Å². The first-order valence-corrected chi connectivity index (χ1v) is 2.98. The highest BCUT2D eigenvalue weighted by molar-refractivity contribution is 5.03. The van der Waals surface area contributed by atoms with E-state index in [1.165, 1.54) is 0 Å². The summed E-state index contributed by atoms with van der Waals surface area (Å²) < 4.78 is 0. The predicted octanol–water partition coefficient (Wildman–Crippen LogP) is -0.531. The Hall–Kier alpha value is -1.00. The molecule has 4 heteroatoms. The van der Waals surface area contributed by atoms with Gasteiger partial charge in [0.15, 0.2) is 0 Å². The lowest BCUT2D eigenvalue weighted by atomic mass is 10.2. The number of aliphatic hydroxyl groups is 1. The van der Waals surface area contributed by atoms with Crippen LogP contribution in [0.4, 0.5) is 0 Å². The molecule has 1 aromatic heterocycles. The lowest BCUT2D eigenvalue weighted by Gasteiger charge is -2.03. The number of hydrogen-bond acceptors (Lipinski definition) is 4. The fourth-order valence-electron chi connectivity index (χ4n) is 0.605. The molecule has 0 saturated carbocycles. The van der Waals surface area contributed by atoms with Crippen LogP contribution in [0.3, 0.4) is 0 Å². The molecular weight excluding hydrogens is 130 g/mol. The SMILES string of the molecule is NC(CO)c1cccnn1. The van der Waals surface area contributed by atoms with E-state index in [0.717, 1.165) is 0 Å². The fraction of sp³-hybridized carbons (Fsp3) is 0.333. The normalized spacial score (nSPS) is 13.0. The maximum atomic E-state index is 8.60. The lowest BCUT2D eigenvalue weighted by molar-refractivity contribution is 0.265. The van der Waals surface area contributed by atoms with Gasteiger partial charge >= 0.3 is 0 Å². The Morgan fingerprint density at radius 2 is 2.50 bits per heavy atom. The Labute approximate surface area is 58.7 Å². The fourth-order valence-corrected chi connectivity index (χ4v) is 0.605. The van der Waals surface area contributed by atoms with Crippen molar-refractivity contribution in [2.45, 2.75) is 6.04 Å². The number of hydrogen-bond donors (Lipinski definition) is 2. The van der Waals surface area contributed by atoms with Gasteiger partial charge in [-0.15, -0.1) is 0 Å². The van der Waals surface area contributed by atoms with Crippen molar-refractivity contribution in [1.29, 1.82) is 0 Å². The molecule has 0 spiro atoms. The van der Waals surface area contributed by atoms with Crippen LogP contribution in [0, 0.1) is 0 Å². The molecule has 10 heavy (non-hydrogen) atoms. The number of rotatable bonds is 2. The highest BCUT2D eigenvalue weighted by Crippen LogP contribution is 2.01. The summed E-state index contributed by atoms with van der Waals surface area (Å²) in [5.74, 6) is 0. The van der Waals surface area contributed by atoms with E-state index in [1.807, 2.05) is 0 Å². The van der Waals surface area contributed by atoms with Crippen molar-refractivity contribution in [3.05, 3.63) is 24.0 Å². The van der Waals surface area contributed by atoms with Crippen molar-refractivity contribution < 1.29 is 5.11 Å². The Morgan fingerprint density at radius 1 is 1.70 bits per heavy atom. The standard InChI is InChI=1S/C6H9N3O/c7-5(4-10)6-2-1-3-8-9-6/h1-3,5,10H,4,7H2. The molecule has 54 valence electrons. The Kier molecular flexibility index (Phi) is 2.30. The molecule has 0 aliphatic heterocycles. The van der Waals surface area contributed by atoms with Crippen LogP contribution in [0.1, 0.15) is 11.7 Å². The number of nitrogens with zero attached hydrogens (tertiary/aromatic N) is 2. The highest BCUT2D eigenvalue weighted by atomic mass is 16.3. The molecule has 0 amide bonds. The number of nitrogens with two attached hydrogens (primary N) is 1. The largest absolute Gasteiger partial charge is 0.394 e. The van der Waals surface area contributed by atoms with Crippen molar-refractivity contribution >= 4 is 0 Å². The van der Waals surface area contributed by atoms with Crippen LogP contribution < -0.4 is 5.73 Å². The molecule has 1 atom stereocenters. The Balaban J connectivity index is 2.75. The summed E-state index contributed by atoms with van der Waals surface area (Å²) in [5, 5.41) is 15.9. The van der Waals surface area contributed by atoms with Crippen LogP contribution in [0.25, 0.3) is 0 Å². The molecule has 0 radical (unpaired) electrons. The molecule has 3 N–H and O–H groups in total. The van der Waals surface area contributed by atoms with E-state index in [-0.39, 0.29) is 6.61 Å². The van der Waals surface area contributed by atoms with E-state index in [4.69, 9.17) is 10.8 Å².